The quantitative estimate of drug-likeness (QED) is 0.708. The highest BCUT2D eigenvalue weighted by Crippen LogP contribution is 2.42. The summed E-state index contributed by atoms with van der Waals surface area (Å²) in [6.07, 6.45) is 8.13. The molecule has 0 atom stereocenters. The lowest BCUT2D eigenvalue weighted by atomic mass is 9.90. The van der Waals surface area contributed by atoms with E-state index in [1.165, 1.54) is 41.4 Å². The average molecular weight is 409 g/mol. The number of anilines is 1. The molecule has 27 heavy (non-hydrogen) atoms. The van der Waals surface area contributed by atoms with Gasteiger partial charge in [0.1, 0.15) is 5.75 Å². The molecule has 0 N–H and O–H groups in total. The molecule has 0 aliphatic heterocycles. The van der Waals surface area contributed by atoms with Crippen molar-refractivity contribution in [2.75, 3.05) is 11.4 Å². The number of thiazole rings is 1. The van der Waals surface area contributed by atoms with Crippen LogP contribution in [0.3, 0.4) is 0 Å². The Morgan fingerprint density at radius 3 is 2.48 bits per heavy atom. The first-order chi connectivity index (χ1) is 12.8. The topological polar surface area (TPSA) is 59.5 Å². The fraction of sp³-hybridized carbons (Fsp3) is 0.550. The van der Waals surface area contributed by atoms with E-state index in [2.05, 4.69) is 4.98 Å². The second kappa shape index (κ2) is 8.19. The first-order valence-corrected chi connectivity index (χ1v) is 11.3. The molecule has 7 heteroatoms. The second-order valence-corrected chi connectivity index (χ2v) is 9.94. The van der Waals surface area contributed by atoms with Crippen molar-refractivity contribution in [2.24, 2.45) is 0 Å². The third-order valence-corrected chi connectivity index (χ3v) is 7.31. The van der Waals surface area contributed by atoms with Crippen molar-refractivity contribution in [3.8, 4) is 16.2 Å². The number of methoxy groups -OCH3 is 1. The molecule has 1 aliphatic carbocycles. The Bertz CT molecular complexity index is 854. The lowest BCUT2D eigenvalue weighted by Crippen LogP contribution is -2.40. The number of aromatic nitrogens is 1. The van der Waals surface area contributed by atoms with Crippen LogP contribution in [0.25, 0.3) is 10.4 Å². The highest BCUT2D eigenvalue weighted by Gasteiger charge is 2.28. The minimum absolute atomic E-state index is 0.536. The normalized spacial score (nSPS) is 15.9. The Labute approximate surface area is 167 Å². The van der Waals surface area contributed by atoms with E-state index < -0.39 is 16.4 Å². The van der Waals surface area contributed by atoms with Crippen LogP contribution in [0.15, 0.2) is 24.4 Å². The molecule has 1 aromatic heterocycles. The molecule has 0 radical (unpaired) electrons. The summed E-state index contributed by atoms with van der Waals surface area (Å²) in [6, 6.07) is 5.60. The van der Waals surface area contributed by atoms with Gasteiger partial charge in [-0.1, -0.05) is 19.3 Å². The maximum atomic E-state index is 12.1. The standard InChI is InChI=1S/C20H28N2O3S2/c1-20(2,3)22(27(23)24)17-12-15(25-4)10-11-16(17)18-13-21-19(26-18)14-8-6-5-7-9-14/h10-14,27H,5-9H2,1-4H3. The van der Waals surface area contributed by atoms with Gasteiger partial charge in [0.2, 0.25) is 10.9 Å². The van der Waals surface area contributed by atoms with Crippen LogP contribution in [0.2, 0.25) is 0 Å². The van der Waals surface area contributed by atoms with Gasteiger partial charge in [-0.15, -0.1) is 11.3 Å². The molecule has 3 rings (SSSR count). The van der Waals surface area contributed by atoms with Crippen LogP contribution >= 0.6 is 11.3 Å². The van der Waals surface area contributed by atoms with E-state index in [9.17, 15) is 8.42 Å². The number of rotatable bonds is 5. The second-order valence-electron chi connectivity index (χ2n) is 8.00. The van der Waals surface area contributed by atoms with E-state index in [4.69, 9.17) is 4.74 Å². The first-order valence-electron chi connectivity index (χ1n) is 9.40. The molecule has 0 spiro atoms. The Morgan fingerprint density at radius 2 is 1.89 bits per heavy atom. The molecule has 0 unspecified atom stereocenters. The van der Waals surface area contributed by atoms with Crippen molar-refractivity contribution in [1.29, 1.82) is 0 Å². The van der Waals surface area contributed by atoms with Crippen LogP contribution in [-0.4, -0.2) is 26.1 Å². The van der Waals surface area contributed by atoms with Gasteiger partial charge in [0.05, 0.1) is 22.7 Å². The molecule has 0 bridgehead atoms. The van der Waals surface area contributed by atoms with Gasteiger partial charge in [0, 0.05) is 29.3 Å². The number of ether oxygens (including phenoxy) is 1. The van der Waals surface area contributed by atoms with Crippen molar-refractivity contribution >= 4 is 27.9 Å². The van der Waals surface area contributed by atoms with Crippen molar-refractivity contribution in [3.05, 3.63) is 29.4 Å². The third kappa shape index (κ3) is 4.46. The van der Waals surface area contributed by atoms with E-state index >= 15 is 0 Å². The lowest BCUT2D eigenvalue weighted by Gasteiger charge is -2.33. The maximum absolute atomic E-state index is 12.1. The Kier molecular flexibility index (Phi) is 6.11. The summed E-state index contributed by atoms with van der Waals surface area (Å²) in [6.45, 7) is 5.67. The van der Waals surface area contributed by atoms with Gasteiger partial charge in [0.25, 0.3) is 0 Å². The van der Waals surface area contributed by atoms with Gasteiger partial charge in [-0.2, -0.15) is 0 Å². The molecule has 0 amide bonds. The molecular formula is C20H28N2O3S2. The van der Waals surface area contributed by atoms with Crippen LogP contribution in [0.4, 0.5) is 5.69 Å². The van der Waals surface area contributed by atoms with Gasteiger partial charge < -0.3 is 4.74 Å². The summed E-state index contributed by atoms with van der Waals surface area (Å²) in [7, 11) is -1.21. The SMILES string of the molecule is COc1ccc(-c2cnc(C3CCCCC3)s2)c(N([SH](=O)=O)C(C)(C)C)c1. The highest BCUT2D eigenvalue weighted by atomic mass is 32.2. The van der Waals surface area contributed by atoms with Crippen LogP contribution in [0.1, 0.15) is 63.8 Å². The van der Waals surface area contributed by atoms with E-state index in [-0.39, 0.29) is 0 Å². The number of hydrogen-bond acceptors (Lipinski definition) is 5. The van der Waals surface area contributed by atoms with E-state index in [1.54, 1.807) is 24.5 Å². The van der Waals surface area contributed by atoms with Gasteiger partial charge in [-0.25, -0.2) is 13.4 Å². The van der Waals surface area contributed by atoms with E-state index in [0.29, 0.717) is 17.4 Å². The lowest BCUT2D eigenvalue weighted by molar-refractivity contribution is 0.414. The maximum Gasteiger partial charge on any atom is 0.225 e. The number of thiol groups is 1. The van der Waals surface area contributed by atoms with E-state index in [0.717, 1.165) is 10.4 Å². The number of benzene rings is 1. The summed E-state index contributed by atoms with van der Waals surface area (Å²) < 4.78 is 31.0. The number of hydrogen-bond donors (Lipinski definition) is 1. The zero-order valence-electron chi connectivity index (χ0n) is 16.4. The van der Waals surface area contributed by atoms with E-state index in [1.807, 2.05) is 39.1 Å². The molecule has 0 saturated heterocycles. The Hall–Kier alpha value is -1.60. The summed E-state index contributed by atoms with van der Waals surface area (Å²) in [5, 5.41) is 1.17. The minimum atomic E-state index is -2.80. The Balaban J connectivity index is 2.06. The van der Waals surface area contributed by atoms with Gasteiger partial charge in [-0.05, 0) is 45.7 Å². The fourth-order valence-corrected chi connectivity index (χ4v) is 5.62. The summed E-state index contributed by atoms with van der Waals surface area (Å²) in [4.78, 5) is 5.68. The van der Waals surface area contributed by atoms with Crippen LogP contribution < -0.4 is 9.04 Å². The summed E-state index contributed by atoms with van der Waals surface area (Å²) in [5.74, 6) is 1.17. The van der Waals surface area contributed by atoms with Gasteiger partial charge in [0.15, 0.2) is 0 Å². The monoisotopic (exact) mass is 408 g/mol. The smallest absolute Gasteiger partial charge is 0.225 e. The van der Waals surface area contributed by atoms with Crippen molar-refractivity contribution in [3.63, 3.8) is 0 Å². The van der Waals surface area contributed by atoms with Crippen molar-refractivity contribution in [2.45, 2.75) is 64.3 Å². The molecule has 1 saturated carbocycles. The molecule has 1 aromatic carbocycles. The Morgan fingerprint density at radius 1 is 1.19 bits per heavy atom. The molecule has 1 aliphatic rings. The van der Waals surface area contributed by atoms with Crippen LogP contribution in [0, 0.1) is 0 Å². The molecule has 5 nitrogen and oxygen atoms in total. The first kappa shape index (κ1) is 20.1. The predicted octanol–water partition coefficient (Wildman–Crippen LogP) is 5.00. The minimum Gasteiger partial charge on any atom is -0.497 e. The predicted molar refractivity (Wildman–Crippen MR) is 112 cm³/mol. The zero-order valence-corrected chi connectivity index (χ0v) is 18.1. The molecule has 1 fully saturated rings. The summed E-state index contributed by atoms with van der Waals surface area (Å²) >= 11 is 1.68. The van der Waals surface area contributed by atoms with Crippen molar-refractivity contribution < 1.29 is 13.2 Å². The highest BCUT2D eigenvalue weighted by molar-refractivity contribution is 7.74. The summed E-state index contributed by atoms with van der Waals surface area (Å²) in [5.41, 5.74) is 0.939. The zero-order chi connectivity index (χ0) is 19.6. The molecule has 2 aromatic rings. The number of nitrogens with zero attached hydrogens (tertiary/aromatic N) is 2. The molecule has 1 heterocycles. The fourth-order valence-electron chi connectivity index (χ4n) is 3.67. The molecular weight excluding hydrogens is 380 g/mol. The van der Waals surface area contributed by atoms with Gasteiger partial charge >= 0.3 is 0 Å². The average Bonchev–Trinajstić information content (AvgIpc) is 3.11. The van der Waals surface area contributed by atoms with Crippen LogP contribution in [0.5, 0.6) is 5.75 Å². The van der Waals surface area contributed by atoms with Crippen LogP contribution in [-0.2, 0) is 10.9 Å². The van der Waals surface area contributed by atoms with Gasteiger partial charge in [-0.3, -0.25) is 4.31 Å². The largest absolute Gasteiger partial charge is 0.497 e. The van der Waals surface area contributed by atoms with Crippen molar-refractivity contribution in [1.82, 2.24) is 4.98 Å². The third-order valence-electron chi connectivity index (χ3n) is 4.98. The molecule has 148 valence electrons.